The van der Waals surface area contributed by atoms with Crippen LogP contribution in [-0.2, 0) is 11.2 Å². The molecule has 0 radical (unpaired) electrons. The Balaban J connectivity index is 0.00000420. The number of anilines is 2. The summed E-state index contributed by atoms with van der Waals surface area (Å²) < 4.78 is -0.0476. The van der Waals surface area contributed by atoms with E-state index in [2.05, 4.69) is 43.7 Å². The van der Waals surface area contributed by atoms with Crippen molar-refractivity contribution in [2.75, 3.05) is 31.2 Å². The molecular formula is C21H27Cl3N2OS2. The number of nitrogens with zero attached hydrogens (tertiary/aromatic N) is 1. The number of benzene rings is 2. The van der Waals surface area contributed by atoms with Crippen molar-refractivity contribution < 1.29 is 4.79 Å². The Kier molecular flexibility index (Phi) is 11.3. The molecule has 0 aromatic heterocycles. The molecule has 0 atom stereocenters. The van der Waals surface area contributed by atoms with E-state index in [1.807, 2.05) is 24.3 Å². The number of carbonyl (C=O) groups is 1. The SMILES string of the molecule is CN(CCSC(=O)Cc1ccccc1Nc1c(Cl)cccc1Cl)CC(C)(C)S.Cl. The second kappa shape index (κ2) is 12.3. The van der Waals surface area contributed by atoms with Crippen LogP contribution in [0.25, 0.3) is 0 Å². The molecule has 3 nitrogen and oxygen atoms in total. The van der Waals surface area contributed by atoms with Crippen LogP contribution in [0.3, 0.4) is 0 Å². The minimum absolute atomic E-state index is 0. The number of para-hydroxylation sites is 2. The Hall–Kier alpha value is -0.560. The van der Waals surface area contributed by atoms with Crippen LogP contribution in [-0.4, -0.2) is 40.7 Å². The van der Waals surface area contributed by atoms with E-state index in [4.69, 9.17) is 23.2 Å². The van der Waals surface area contributed by atoms with E-state index >= 15 is 0 Å². The van der Waals surface area contributed by atoms with Crippen LogP contribution in [0.2, 0.25) is 10.0 Å². The maximum Gasteiger partial charge on any atom is 0.193 e. The highest BCUT2D eigenvalue weighted by atomic mass is 35.5. The molecule has 160 valence electrons. The molecule has 0 unspecified atom stereocenters. The molecule has 0 aliphatic heterocycles. The van der Waals surface area contributed by atoms with Crippen molar-refractivity contribution in [2.24, 2.45) is 0 Å². The topological polar surface area (TPSA) is 32.3 Å². The van der Waals surface area contributed by atoms with Crippen LogP contribution in [0, 0.1) is 0 Å². The number of hydrogen-bond acceptors (Lipinski definition) is 5. The maximum atomic E-state index is 12.5. The Morgan fingerprint density at radius 2 is 1.76 bits per heavy atom. The molecule has 8 heteroatoms. The third-order valence-corrected chi connectivity index (χ3v) is 5.59. The fourth-order valence-corrected chi connectivity index (χ4v) is 4.43. The summed E-state index contributed by atoms with van der Waals surface area (Å²) in [5.74, 6) is 0.755. The summed E-state index contributed by atoms with van der Waals surface area (Å²) in [6.07, 6.45) is 0.345. The zero-order valence-corrected chi connectivity index (χ0v) is 20.8. The number of thiol groups is 1. The molecule has 0 amide bonds. The molecule has 0 bridgehead atoms. The van der Waals surface area contributed by atoms with Crippen molar-refractivity contribution in [1.29, 1.82) is 0 Å². The fourth-order valence-electron chi connectivity index (χ4n) is 2.81. The van der Waals surface area contributed by atoms with Gasteiger partial charge >= 0.3 is 0 Å². The fraction of sp³-hybridized carbons (Fsp3) is 0.381. The van der Waals surface area contributed by atoms with Crippen molar-refractivity contribution in [3.8, 4) is 0 Å². The van der Waals surface area contributed by atoms with Gasteiger partial charge in [0.25, 0.3) is 0 Å². The molecule has 0 saturated carbocycles. The molecule has 0 saturated heterocycles. The van der Waals surface area contributed by atoms with Crippen LogP contribution >= 0.6 is 60.0 Å². The first-order chi connectivity index (χ1) is 13.2. The van der Waals surface area contributed by atoms with Crippen LogP contribution in [0.1, 0.15) is 19.4 Å². The highest BCUT2D eigenvalue weighted by molar-refractivity contribution is 8.13. The molecular weight excluding hydrogens is 467 g/mol. The van der Waals surface area contributed by atoms with Gasteiger partial charge in [0.05, 0.1) is 15.7 Å². The normalized spacial score (nSPS) is 11.3. The molecule has 29 heavy (non-hydrogen) atoms. The van der Waals surface area contributed by atoms with Crippen LogP contribution in [0.5, 0.6) is 0 Å². The van der Waals surface area contributed by atoms with Crippen molar-refractivity contribution in [2.45, 2.75) is 25.0 Å². The lowest BCUT2D eigenvalue weighted by atomic mass is 10.1. The number of nitrogens with one attached hydrogen (secondary N) is 1. The minimum Gasteiger partial charge on any atom is -0.353 e. The van der Waals surface area contributed by atoms with Crippen molar-refractivity contribution in [3.63, 3.8) is 0 Å². The molecule has 0 spiro atoms. The Labute approximate surface area is 199 Å². The van der Waals surface area contributed by atoms with Crippen LogP contribution < -0.4 is 5.32 Å². The molecule has 2 aromatic carbocycles. The van der Waals surface area contributed by atoms with E-state index < -0.39 is 0 Å². The Morgan fingerprint density at radius 3 is 2.38 bits per heavy atom. The van der Waals surface area contributed by atoms with Crippen LogP contribution in [0.15, 0.2) is 42.5 Å². The van der Waals surface area contributed by atoms with Crippen molar-refractivity contribution >= 4 is 76.5 Å². The third-order valence-electron chi connectivity index (χ3n) is 3.97. The predicted molar refractivity (Wildman–Crippen MR) is 135 cm³/mol. The summed E-state index contributed by atoms with van der Waals surface area (Å²) in [6, 6.07) is 13.1. The largest absolute Gasteiger partial charge is 0.353 e. The second-order valence-corrected chi connectivity index (χ2v) is 10.5. The Morgan fingerprint density at radius 1 is 1.14 bits per heavy atom. The van der Waals surface area contributed by atoms with Gasteiger partial charge in [0.2, 0.25) is 0 Å². The van der Waals surface area contributed by atoms with E-state index in [1.54, 1.807) is 18.2 Å². The van der Waals surface area contributed by atoms with Gasteiger partial charge in [-0.15, -0.1) is 12.4 Å². The van der Waals surface area contributed by atoms with Gasteiger partial charge in [0.15, 0.2) is 5.12 Å². The minimum atomic E-state index is -0.0476. The van der Waals surface area contributed by atoms with Gasteiger partial charge in [0, 0.05) is 35.7 Å². The second-order valence-electron chi connectivity index (χ2n) is 7.33. The number of rotatable bonds is 9. The molecule has 0 aliphatic rings. The Bertz CT molecular complexity index is 793. The van der Waals surface area contributed by atoms with Gasteiger partial charge in [-0.05, 0) is 44.7 Å². The lowest BCUT2D eigenvalue weighted by Crippen LogP contribution is -2.33. The maximum absolute atomic E-state index is 12.5. The van der Waals surface area contributed by atoms with Gasteiger partial charge < -0.3 is 10.2 Å². The van der Waals surface area contributed by atoms with Gasteiger partial charge in [-0.3, -0.25) is 4.79 Å². The smallest absolute Gasteiger partial charge is 0.193 e. The summed E-state index contributed by atoms with van der Waals surface area (Å²) in [5.41, 5.74) is 2.40. The van der Waals surface area contributed by atoms with Gasteiger partial charge in [-0.25, -0.2) is 0 Å². The number of halogens is 3. The van der Waals surface area contributed by atoms with E-state index in [0.29, 0.717) is 22.2 Å². The first-order valence-corrected chi connectivity index (χ1v) is 11.2. The first-order valence-electron chi connectivity index (χ1n) is 9.01. The number of thioether (sulfide) groups is 1. The summed E-state index contributed by atoms with van der Waals surface area (Å²) in [5, 5.41) is 4.49. The molecule has 2 rings (SSSR count). The molecule has 1 N–H and O–H groups in total. The lowest BCUT2D eigenvalue weighted by Gasteiger charge is -2.25. The van der Waals surface area contributed by atoms with Crippen molar-refractivity contribution in [3.05, 3.63) is 58.1 Å². The van der Waals surface area contributed by atoms with Gasteiger partial charge in [-0.1, -0.05) is 59.2 Å². The summed E-state index contributed by atoms with van der Waals surface area (Å²) >= 11 is 18.4. The average molecular weight is 494 g/mol. The van der Waals surface area contributed by atoms with Gasteiger partial charge in [0.1, 0.15) is 0 Å². The van der Waals surface area contributed by atoms with Gasteiger partial charge in [-0.2, -0.15) is 12.6 Å². The van der Waals surface area contributed by atoms with E-state index in [-0.39, 0.29) is 22.3 Å². The molecule has 0 fully saturated rings. The summed E-state index contributed by atoms with van der Waals surface area (Å²) in [7, 11) is 2.05. The van der Waals surface area contributed by atoms with E-state index in [1.165, 1.54) is 11.8 Å². The molecule has 0 aliphatic carbocycles. The average Bonchev–Trinajstić information content (AvgIpc) is 2.58. The predicted octanol–water partition coefficient (Wildman–Crippen LogP) is 6.60. The first kappa shape index (κ1) is 26.5. The number of hydrogen-bond donors (Lipinski definition) is 2. The van der Waals surface area contributed by atoms with Crippen LogP contribution in [0.4, 0.5) is 11.4 Å². The summed E-state index contributed by atoms with van der Waals surface area (Å²) in [6.45, 7) is 5.88. The monoisotopic (exact) mass is 492 g/mol. The highest BCUT2D eigenvalue weighted by Crippen LogP contribution is 2.33. The molecule has 2 aromatic rings. The quantitative estimate of drug-likeness (QED) is 0.385. The zero-order chi connectivity index (χ0) is 20.7. The standard InChI is InChI=1S/C21H26Cl2N2OS2.ClH/c1-21(2,27)14-25(3)11-12-28-19(26)13-15-7-4-5-10-18(15)24-20-16(22)8-6-9-17(20)23;/h4-10,24,27H,11-14H2,1-3H3;1H. The zero-order valence-electron chi connectivity index (χ0n) is 16.7. The van der Waals surface area contributed by atoms with E-state index in [0.717, 1.165) is 30.1 Å². The van der Waals surface area contributed by atoms with E-state index in [9.17, 15) is 4.79 Å². The highest BCUT2D eigenvalue weighted by Gasteiger charge is 2.15. The lowest BCUT2D eigenvalue weighted by molar-refractivity contribution is -0.110. The van der Waals surface area contributed by atoms with Crippen molar-refractivity contribution in [1.82, 2.24) is 4.90 Å². The summed E-state index contributed by atoms with van der Waals surface area (Å²) in [4.78, 5) is 14.7. The molecule has 0 heterocycles. The number of carbonyl (C=O) groups excluding carboxylic acids is 1. The third kappa shape index (κ3) is 9.41.